The molecule has 1 aromatic carbocycles. The minimum Gasteiger partial charge on any atom is -0.378 e. The Kier molecular flexibility index (Phi) is 3.86. The third-order valence-corrected chi connectivity index (χ3v) is 6.18. The van der Waals surface area contributed by atoms with Gasteiger partial charge in [-0.2, -0.15) is 5.10 Å². The standard InChI is InChI=1S/C18H19N5O2S/c24-17-16-15(21-18(26-16)23-5-7-25-8-6-23)13(3-4-19-17)11-1-2-12-10-20-22-14(12)9-11/h1-2,9-10,13H,3-8H2,(H,19,24)(H,20,22). The summed E-state index contributed by atoms with van der Waals surface area (Å²) in [5, 5.41) is 12.2. The van der Waals surface area contributed by atoms with Gasteiger partial charge in [0.15, 0.2) is 5.13 Å². The summed E-state index contributed by atoms with van der Waals surface area (Å²) in [5.74, 6) is 0.0878. The number of rotatable bonds is 2. The number of hydrogen-bond donors (Lipinski definition) is 2. The maximum absolute atomic E-state index is 12.5. The number of carbonyl (C=O) groups is 1. The second-order valence-corrected chi connectivity index (χ2v) is 7.60. The van der Waals surface area contributed by atoms with E-state index in [4.69, 9.17) is 9.72 Å². The zero-order valence-corrected chi connectivity index (χ0v) is 15.0. The summed E-state index contributed by atoms with van der Waals surface area (Å²) >= 11 is 1.49. The summed E-state index contributed by atoms with van der Waals surface area (Å²) in [6.45, 7) is 3.70. The molecule has 8 heteroatoms. The van der Waals surface area contributed by atoms with E-state index >= 15 is 0 Å². The highest BCUT2D eigenvalue weighted by molar-refractivity contribution is 7.17. The third kappa shape index (κ3) is 2.65. The number of thiazole rings is 1. The first kappa shape index (κ1) is 15.8. The van der Waals surface area contributed by atoms with Crippen molar-refractivity contribution in [3.05, 3.63) is 40.5 Å². The first-order valence-electron chi connectivity index (χ1n) is 8.84. The fraction of sp³-hybridized carbons (Fsp3) is 0.389. The van der Waals surface area contributed by atoms with E-state index in [1.165, 1.54) is 16.9 Å². The molecule has 1 fully saturated rings. The van der Waals surface area contributed by atoms with Crippen LogP contribution in [0.25, 0.3) is 10.9 Å². The SMILES string of the molecule is O=C1NCCC(c2ccc3cn[nH]c3c2)c2nc(N3CCOCC3)sc21. The summed E-state index contributed by atoms with van der Waals surface area (Å²) in [7, 11) is 0. The van der Waals surface area contributed by atoms with E-state index in [1.807, 2.05) is 6.20 Å². The number of nitrogens with zero attached hydrogens (tertiary/aromatic N) is 3. The topological polar surface area (TPSA) is 83.1 Å². The monoisotopic (exact) mass is 369 g/mol. The third-order valence-electron chi connectivity index (χ3n) is 5.05. The average molecular weight is 369 g/mol. The molecule has 3 aromatic rings. The van der Waals surface area contributed by atoms with Crippen molar-refractivity contribution >= 4 is 33.3 Å². The van der Waals surface area contributed by atoms with Crippen molar-refractivity contribution in [2.75, 3.05) is 37.7 Å². The molecule has 0 saturated carbocycles. The number of aromatic nitrogens is 3. The van der Waals surface area contributed by atoms with Gasteiger partial charge < -0.3 is 15.0 Å². The number of hydrogen-bond acceptors (Lipinski definition) is 6. The molecular formula is C18H19N5O2S. The Labute approximate surface area is 154 Å². The van der Waals surface area contributed by atoms with E-state index in [-0.39, 0.29) is 11.8 Å². The second kappa shape index (κ2) is 6.37. The number of nitrogens with one attached hydrogen (secondary N) is 2. The smallest absolute Gasteiger partial charge is 0.263 e. The number of anilines is 1. The lowest BCUT2D eigenvalue weighted by atomic mass is 9.92. The number of H-pyrrole nitrogens is 1. The van der Waals surface area contributed by atoms with Gasteiger partial charge in [-0.25, -0.2) is 4.98 Å². The average Bonchev–Trinajstić information content (AvgIpc) is 3.29. The molecule has 2 N–H and O–H groups in total. The van der Waals surface area contributed by atoms with E-state index in [9.17, 15) is 4.79 Å². The number of benzene rings is 1. The molecule has 1 amide bonds. The van der Waals surface area contributed by atoms with Crippen LogP contribution in [0, 0.1) is 0 Å². The van der Waals surface area contributed by atoms with Crippen molar-refractivity contribution < 1.29 is 9.53 Å². The minimum absolute atomic E-state index is 0.0119. The van der Waals surface area contributed by atoms with Gasteiger partial charge in [-0.05, 0) is 18.1 Å². The molecule has 0 spiro atoms. The Bertz CT molecular complexity index is 960. The number of aromatic amines is 1. The molecular weight excluding hydrogens is 350 g/mol. The van der Waals surface area contributed by atoms with Gasteiger partial charge in [-0.3, -0.25) is 9.89 Å². The number of amides is 1. The fourth-order valence-electron chi connectivity index (χ4n) is 3.65. The molecule has 5 rings (SSSR count). The molecule has 26 heavy (non-hydrogen) atoms. The maximum atomic E-state index is 12.5. The van der Waals surface area contributed by atoms with Crippen LogP contribution in [-0.2, 0) is 4.74 Å². The molecule has 2 aliphatic rings. The second-order valence-electron chi connectivity index (χ2n) is 6.62. The van der Waals surface area contributed by atoms with Gasteiger partial charge in [0.1, 0.15) is 4.88 Å². The largest absolute Gasteiger partial charge is 0.378 e. The Hall–Kier alpha value is -2.45. The van der Waals surface area contributed by atoms with Gasteiger partial charge in [0.05, 0.1) is 30.6 Å². The fourth-order valence-corrected chi connectivity index (χ4v) is 4.75. The first-order valence-corrected chi connectivity index (χ1v) is 9.66. The van der Waals surface area contributed by atoms with Crippen LogP contribution in [0.4, 0.5) is 5.13 Å². The van der Waals surface area contributed by atoms with Crippen molar-refractivity contribution in [1.29, 1.82) is 0 Å². The number of morpholine rings is 1. The highest BCUT2D eigenvalue weighted by Crippen LogP contribution is 2.38. The van der Waals surface area contributed by atoms with Gasteiger partial charge in [0.2, 0.25) is 0 Å². The Morgan fingerprint density at radius 2 is 2.15 bits per heavy atom. The molecule has 1 unspecified atom stereocenters. The quantitative estimate of drug-likeness (QED) is 0.723. The molecule has 4 heterocycles. The van der Waals surface area contributed by atoms with E-state index in [2.05, 4.69) is 38.6 Å². The van der Waals surface area contributed by atoms with Crippen LogP contribution in [0.2, 0.25) is 0 Å². The Morgan fingerprint density at radius 1 is 1.27 bits per heavy atom. The van der Waals surface area contributed by atoms with Gasteiger partial charge in [-0.1, -0.05) is 23.5 Å². The van der Waals surface area contributed by atoms with Crippen molar-refractivity contribution in [3.8, 4) is 0 Å². The number of carbonyl (C=O) groups excluding carboxylic acids is 1. The van der Waals surface area contributed by atoms with E-state index in [1.54, 1.807) is 0 Å². The van der Waals surface area contributed by atoms with Crippen molar-refractivity contribution in [2.24, 2.45) is 0 Å². The lowest BCUT2D eigenvalue weighted by Crippen LogP contribution is -2.36. The molecule has 1 saturated heterocycles. The minimum atomic E-state index is -0.0119. The van der Waals surface area contributed by atoms with Crippen LogP contribution < -0.4 is 10.2 Å². The zero-order valence-electron chi connectivity index (χ0n) is 14.2. The number of fused-ring (bicyclic) bond motifs is 2. The number of ether oxygens (including phenoxy) is 1. The molecule has 2 aliphatic heterocycles. The van der Waals surface area contributed by atoms with Crippen LogP contribution >= 0.6 is 11.3 Å². The van der Waals surface area contributed by atoms with Gasteiger partial charge in [-0.15, -0.1) is 0 Å². The highest BCUT2D eigenvalue weighted by Gasteiger charge is 2.30. The molecule has 7 nitrogen and oxygen atoms in total. The van der Waals surface area contributed by atoms with Gasteiger partial charge >= 0.3 is 0 Å². The molecule has 134 valence electrons. The van der Waals surface area contributed by atoms with Gasteiger partial charge in [0.25, 0.3) is 5.91 Å². The summed E-state index contributed by atoms with van der Waals surface area (Å²) in [6.07, 6.45) is 2.66. The zero-order chi connectivity index (χ0) is 17.5. The van der Waals surface area contributed by atoms with Crippen molar-refractivity contribution in [2.45, 2.75) is 12.3 Å². The van der Waals surface area contributed by atoms with E-state index in [0.717, 1.165) is 46.1 Å². The summed E-state index contributed by atoms with van der Waals surface area (Å²) in [4.78, 5) is 20.4. The molecule has 2 aromatic heterocycles. The summed E-state index contributed by atoms with van der Waals surface area (Å²) < 4.78 is 5.43. The molecule has 0 bridgehead atoms. The maximum Gasteiger partial charge on any atom is 0.263 e. The Balaban J connectivity index is 1.57. The van der Waals surface area contributed by atoms with Crippen LogP contribution in [0.15, 0.2) is 24.4 Å². The Morgan fingerprint density at radius 3 is 3.04 bits per heavy atom. The highest BCUT2D eigenvalue weighted by atomic mass is 32.1. The lowest BCUT2D eigenvalue weighted by molar-refractivity contribution is 0.0960. The summed E-state index contributed by atoms with van der Waals surface area (Å²) in [5.41, 5.74) is 3.07. The van der Waals surface area contributed by atoms with E-state index < -0.39 is 0 Å². The molecule has 0 radical (unpaired) electrons. The van der Waals surface area contributed by atoms with Crippen molar-refractivity contribution in [3.63, 3.8) is 0 Å². The first-order chi connectivity index (χ1) is 12.8. The predicted octanol–water partition coefficient (Wildman–Crippen LogP) is 2.12. The lowest BCUT2D eigenvalue weighted by Gasteiger charge is -2.26. The van der Waals surface area contributed by atoms with Crippen LogP contribution in [-0.4, -0.2) is 53.9 Å². The normalized spacial score (nSPS) is 20.7. The molecule has 1 atom stereocenters. The van der Waals surface area contributed by atoms with Crippen LogP contribution in [0.5, 0.6) is 0 Å². The van der Waals surface area contributed by atoms with Crippen molar-refractivity contribution in [1.82, 2.24) is 20.5 Å². The van der Waals surface area contributed by atoms with Crippen LogP contribution in [0.3, 0.4) is 0 Å². The molecule has 0 aliphatic carbocycles. The van der Waals surface area contributed by atoms with E-state index in [0.29, 0.717) is 19.8 Å². The van der Waals surface area contributed by atoms with Crippen LogP contribution in [0.1, 0.15) is 33.3 Å². The summed E-state index contributed by atoms with van der Waals surface area (Å²) in [6, 6.07) is 6.32. The van der Waals surface area contributed by atoms with Gasteiger partial charge in [0, 0.05) is 30.9 Å². The predicted molar refractivity (Wildman–Crippen MR) is 100 cm³/mol.